The predicted octanol–water partition coefficient (Wildman–Crippen LogP) is 3.89. The third-order valence-corrected chi connectivity index (χ3v) is 2.85. The Labute approximate surface area is 107 Å². The van der Waals surface area contributed by atoms with Crippen LogP contribution < -0.4 is 0 Å². The van der Waals surface area contributed by atoms with E-state index in [0.717, 1.165) is 12.8 Å². The molecular formula is C16H12N2. The Hall–Kier alpha value is -2.58. The van der Waals surface area contributed by atoms with Crippen LogP contribution in [-0.2, 0) is 12.8 Å². The van der Waals surface area contributed by atoms with Crippen molar-refractivity contribution in [2.24, 2.45) is 0 Å². The number of aryl methyl sites for hydroxylation is 2. The fourth-order valence-corrected chi connectivity index (χ4v) is 1.77. The van der Waals surface area contributed by atoms with E-state index >= 15 is 0 Å². The second-order valence-electron chi connectivity index (χ2n) is 4.09. The molecule has 0 bridgehead atoms. The lowest BCUT2D eigenvalue weighted by molar-refractivity contribution is 0.960. The van der Waals surface area contributed by atoms with Crippen LogP contribution in [0.25, 0.3) is 4.85 Å². The summed E-state index contributed by atoms with van der Waals surface area (Å²) in [4.78, 5) is 3.37. The number of nitrogens with zero attached hydrogens (tertiary/aromatic N) is 2. The molecule has 0 N–H and O–H groups in total. The van der Waals surface area contributed by atoms with Gasteiger partial charge in [-0.1, -0.05) is 42.0 Å². The number of nitriles is 1. The van der Waals surface area contributed by atoms with E-state index in [4.69, 9.17) is 11.8 Å². The van der Waals surface area contributed by atoms with Crippen LogP contribution in [0.15, 0.2) is 48.5 Å². The van der Waals surface area contributed by atoms with Gasteiger partial charge in [-0.3, -0.25) is 0 Å². The molecule has 2 aromatic rings. The molecule has 0 spiro atoms. The molecule has 0 aliphatic rings. The molecule has 0 fully saturated rings. The first-order valence-electron chi connectivity index (χ1n) is 5.77. The summed E-state index contributed by atoms with van der Waals surface area (Å²) in [6.45, 7) is 6.89. The van der Waals surface area contributed by atoms with Crippen molar-refractivity contribution in [3.05, 3.63) is 76.6 Å². The largest absolute Gasteiger partial charge is 0.238 e. The minimum absolute atomic E-state index is 0.678. The molecule has 86 valence electrons. The van der Waals surface area contributed by atoms with Crippen LogP contribution in [0, 0.1) is 17.9 Å². The fourth-order valence-electron chi connectivity index (χ4n) is 1.77. The molecule has 0 amide bonds. The summed E-state index contributed by atoms with van der Waals surface area (Å²) in [5.41, 5.74) is 3.83. The van der Waals surface area contributed by atoms with Crippen LogP contribution >= 0.6 is 0 Å². The van der Waals surface area contributed by atoms with Gasteiger partial charge in [0.25, 0.3) is 0 Å². The van der Waals surface area contributed by atoms with Crippen LogP contribution in [0.4, 0.5) is 5.69 Å². The second kappa shape index (κ2) is 5.66. The van der Waals surface area contributed by atoms with Crippen molar-refractivity contribution in [2.75, 3.05) is 0 Å². The molecule has 2 aromatic carbocycles. The molecule has 0 aromatic heterocycles. The van der Waals surface area contributed by atoms with Gasteiger partial charge in [0.15, 0.2) is 5.69 Å². The Morgan fingerprint density at radius 1 is 0.889 bits per heavy atom. The summed E-state index contributed by atoms with van der Waals surface area (Å²) in [7, 11) is 0. The standard InChI is InChI=1S/C16H12N2/c1-18-16-10-8-14(9-11-16)3-2-13-4-6-15(12-17)7-5-13/h4-11H,2-3H2. The van der Waals surface area contributed by atoms with Crippen LogP contribution in [0.1, 0.15) is 16.7 Å². The SMILES string of the molecule is [C-]#[N+]c1ccc(CCc2ccc(C#N)cc2)cc1. The number of hydrogen-bond acceptors (Lipinski definition) is 1. The number of rotatable bonds is 3. The maximum Gasteiger partial charge on any atom is 0.187 e. The van der Waals surface area contributed by atoms with E-state index in [-0.39, 0.29) is 0 Å². The molecule has 0 saturated carbocycles. The minimum atomic E-state index is 0.678. The molecule has 2 nitrogen and oxygen atoms in total. The Morgan fingerprint density at radius 2 is 1.39 bits per heavy atom. The normalized spacial score (nSPS) is 9.44. The highest BCUT2D eigenvalue weighted by Gasteiger charge is 1.97. The smallest absolute Gasteiger partial charge is 0.187 e. The lowest BCUT2D eigenvalue weighted by atomic mass is 10.0. The molecule has 2 rings (SSSR count). The highest BCUT2D eigenvalue weighted by Crippen LogP contribution is 2.14. The molecule has 2 heteroatoms. The third-order valence-electron chi connectivity index (χ3n) is 2.85. The van der Waals surface area contributed by atoms with Crippen LogP contribution in [0.2, 0.25) is 0 Å². The van der Waals surface area contributed by atoms with E-state index in [0.29, 0.717) is 11.3 Å². The van der Waals surface area contributed by atoms with Gasteiger partial charge in [-0.25, -0.2) is 4.85 Å². The average Bonchev–Trinajstić information content (AvgIpc) is 2.46. The van der Waals surface area contributed by atoms with Crippen LogP contribution in [0.5, 0.6) is 0 Å². The Balaban J connectivity index is 1.98. The van der Waals surface area contributed by atoms with Crippen molar-refractivity contribution in [1.29, 1.82) is 5.26 Å². The van der Waals surface area contributed by atoms with E-state index in [1.807, 2.05) is 48.5 Å². The molecule has 0 aliphatic heterocycles. The highest BCUT2D eigenvalue weighted by atomic mass is 14.6. The van der Waals surface area contributed by atoms with Crippen molar-refractivity contribution in [2.45, 2.75) is 12.8 Å². The summed E-state index contributed by atoms with van der Waals surface area (Å²) in [6, 6.07) is 17.5. The molecule has 0 aliphatic carbocycles. The fraction of sp³-hybridized carbons (Fsp3) is 0.125. The molecular weight excluding hydrogens is 220 g/mol. The van der Waals surface area contributed by atoms with Crippen molar-refractivity contribution in [3.63, 3.8) is 0 Å². The van der Waals surface area contributed by atoms with Gasteiger partial charge in [-0.05, 0) is 30.5 Å². The first kappa shape index (κ1) is 11.9. The average molecular weight is 232 g/mol. The summed E-state index contributed by atoms with van der Waals surface area (Å²) in [6.07, 6.45) is 1.90. The van der Waals surface area contributed by atoms with Crippen molar-refractivity contribution in [3.8, 4) is 6.07 Å². The molecule has 0 heterocycles. The highest BCUT2D eigenvalue weighted by molar-refractivity contribution is 5.45. The van der Waals surface area contributed by atoms with Crippen molar-refractivity contribution >= 4 is 5.69 Å². The summed E-state index contributed by atoms with van der Waals surface area (Å²) in [5.74, 6) is 0. The second-order valence-corrected chi connectivity index (χ2v) is 4.09. The van der Waals surface area contributed by atoms with Gasteiger partial charge in [-0.15, -0.1) is 0 Å². The van der Waals surface area contributed by atoms with Crippen LogP contribution in [0.3, 0.4) is 0 Å². The molecule has 0 saturated heterocycles. The molecule has 18 heavy (non-hydrogen) atoms. The Bertz CT molecular complexity index is 538. The lowest BCUT2D eigenvalue weighted by Crippen LogP contribution is -1.91. The lowest BCUT2D eigenvalue weighted by Gasteiger charge is -2.02. The van der Waals surface area contributed by atoms with Gasteiger partial charge in [0.05, 0.1) is 18.2 Å². The van der Waals surface area contributed by atoms with E-state index in [1.165, 1.54) is 11.1 Å². The molecule has 0 atom stereocenters. The third kappa shape index (κ3) is 2.97. The monoisotopic (exact) mass is 232 g/mol. The predicted molar refractivity (Wildman–Crippen MR) is 71.3 cm³/mol. The van der Waals surface area contributed by atoms with E-state index in [1.54, 1.807) is 0 Å². The van der Waals surface area contributed by atoms with Gasteiger partial charge < -0.3 is 0 Å². The quantitative estimate of drug-likeness (QED) is 0.738. The number of benzene rings is 2. The van der Waals surface area contributed by atoms with E-state index < -0.39 is 0 Å². The summed E-state index contributed by atoms with van der Waals surface area (Å²) in [5, 5.41) is 8.71. The van der Waals surface area contributed by atoms with Crippen molar-refractivity contribution < 1.29 is 0 Å². The summed E-state index contributed by atoms with van der Waals surface area (Å²) < 4.78 is 0. The van der Waals surface area contributed by atoms with Crippen LogP contribution in [-0.4, -0.2) is 0 Å². The molecule has 0 radical (unpaired) electrons. The number of hydrogen-bond donors (Lipinski definition) is 0. The first-order chi connectivity index (χ1) is 8.81. The zero-order chi connectivity index (χ0) is 12.8. The topological polar surface area (TPSA) is 28.1 Å². The zero-order valence-corrected chi connectivity index (χ0v) is 9.93. The molecule has 0 unspecified atom stereocenters. The Kier molecular flexibility index (Phi) is 3.74. The maximum atomic E-state index is 8.71. The van der Waals surface area contributed by atoms with Gasteiger partial charge in [0.1, 0.15) is 0 Å². The van der Waals surface area contributed by atoms with E-state index in [2.05, 4.69) is 10.9 Å². The van der Waals surface area contributed by atoms with Gasteiger partial charge in [-0.2, -0.15) is 5.26 Å². The van der Waals surface area contributed by atoms with Crippen molar-refractivity contribution in [1.82, 2.24) is 0 Å². The first-order valence-corrected chi connectivity index (χ1v) is 5.77. The van der Waals surface area contributed by atoms with E-state index in [9.17, 15) is 0 Å². The van der Waals surface area contributed by atoms with Gasteiger partial charge >= 0.3 is 0 Å². The Morgan fingerprint density at radius 3 is 1.83 bits per heavy atom. The van der Waals surface area contributed by atoms with Gasteiger partial charge in [0.2, 0.25) is 0 Å². The maximum absolute atomic E-state index is 8.71. The minimum Gasteiger partial charge on any atom is -0.238 e. The van der Waals surface area contributed by atoms with Gasteiger partial charge in [0, 0.05) is 0 Å². The summed E-state index contributed by atoms with van der Waals surface area (Å²) >= 11 is 0. The zero-order valence-electron chi connectivity index (χ0n) is 9.93.